The number of allylic oxidation sites excluding steroid dienone is 2. The van der Waals surface area contributed by atoms with Gasteiger partial charge < -0.3 is 9.47 Å². The quantitative estimate of drug-likeness (QED) is 0.0684. The molecule has 254 valence electrons. The number of rotatable bonds is 27. The molecule has 0 amide bonds. The van der Waals surface area contributed by atoms with Gasteiger partial charge in [0.05, 0.1) is 13.2 Å². The van der Waals surface area contributed by atoms with Crippen molar-refractivity contribution >= 4 is 11.7 Å². The molecule has 4 heteroatoms. The SMILES string of the molecule is CCCCCCCCCCCCCCCCC(OC(=O)CC(C)C)C(C)C1CCC=C(C2=NCC=C2OCCCCCC)C1. The Morgan fingerprint density at radius 1 is 0.795 bits per heavy atom. The summed E-state index contributed by atoms with van der Waals surface area (Å²) in [7, 11) is 0. The summed E-state index contributed by atoms with van der Waals surface area (Å²) in [5.41, 5.74) is 2.42. The van der Waals surface area contributed by atoms with Crippen molar-refractivity contribution < 1.29 is 14.3 Å². The van der Waals surface area contributed by atoms with Crippen molar-refractivity contribution in [1.82, 2.24) is 0 Å². The Morgan fingerprint density at radius 3 is 1.95 bits per heavy atom. The van der Waals surface area contributed by atoms with Crippen LogP contribution < -0.4 is 0 Å². The summed E-state index contributed by atoms with van der Waals surface area (Å²) in [4.78, 5) is 17.6. The molecule has 1 aliphatic carbocycles. The van der Waals surface area contributed by atoms with Crippen molar-refractivity contribution in [2.75, 3.05) is 13.2 Å². The lowest BCUT2D eigenvalue weighted by atomic mass is 9.76. The van der Waals surface area contributed by atoms with E-state index < -0.39 is 0 Å². The Bertz CT molecular complexity index is 842. The van der Waals surface area contributed by atoms with E-state index in [9.17, 15) is 4.79 Å². The summed E-state index contributed by atoms with van der Waals surface area (Å²) < 4.78 is 12.4. The van der Waals surface area contributed by atoms with Crippen LogP contribution in [0.15, 0.2) is 28.5 Å². The van der Waals surface area contributed by atoms with Crippen LogP contribution >= 0.6 is 0 Å². The summed E-state index contributed by atoms with van der Waals surface area (Å²) >= 11 is 0. The van der Waals surface area contributed by atoms with Crippen molar-refractivity contribution in [3.8, 4) is 0 Å². The van der Waals surface area contributed by atoms with Gasteiger partial charge in [0.1, 0.15) is 17.6 Å². The molecular weight excluding hydrogens is 542 g/mol. The van der Waals surface area contributed by atoms with Crippen molar-refractivity contribution in [3.05, 3.63) is 23.5 Å². The van der Waals surface area contributed by atoms with Gasteiger partial charge in [-0.3, -0.25) is 9.79 Å². The second-order valence-corrected chi connectivity index (χ2v) is 14.3. The Kier molecular flexibility index (Phi) is 21.6. The third kappa shape index (κ3) is 16.6. The van der Waals surface area contributed by atoms with Gasteiger partial charge in [-0.2, -0.15) is 0 Å². The summed E-state index contributed by atoms with van der Waals surface area (Å²) in [5.74, 6) is 2.16. The Labute approximate surface area is 273 Å². The van der Waals surface area contributed by atoms with E-state index in [1.165, 1.54) is 108 Å². The van der Waals surface area contributed by atoms with Gasteiger partial charge in [0.2, 0.25) is 0 Å². The first-order valence-electron chi connectivity index (χ1n) is 19.2. The van der Waals surface area contributed by atoms with Crippen LogP contribution in [0.5, 0.6) is 0 Å². The zero-order valence-electron chi connectivity index (χ0n) is 29.8. The molecule has 2 rings (SSSR count). The molecule has 0 aromatic heterocycles. The fourth-order valence-electron chi connectivity index (χ4n) is 6.90. The highest BCUT2D eigenvalue weighted by molar-refractivity contribution is 6.12. The van der Waals surface area contributed by atoms with E-state index in [2.05, 4.69) is 46.8 Å². The number of aliphatic imine (C=N–C) groups is 1. The van der Waals surface area contributed by atoms with Crippen LogP contribution in [0.4, 0.5) is 0 Å². The van der Waals surface area contributed by atoms with Crippen molar-refractivity contribution in [2.24, 2.45) is 22.7 Å². The van der Waals surface area contributed by atoms with E-state index >= 15 is 0 Å². The number of carbonyl (C=O) groups excluding carboxylic acids is 1. The fourth-order valence-corrected chi connectivity index (χ4v) is 6.90. The van der Waals surface area contributed by atoms with Gasteiger partial charge in [-0.05, 0) is 67.9 Å². The molecule has 0 spiro atoms. The minimum Gasteiger partial charge on any atom is -0.492 e. The third-order valence-electron chi connectivity index (χ3n) is 9.76. The molecule has 3 unspecified atom stereocenters. The van der Waals surface area contributed by atoms with Crippen LogP contribution in [0.3, 0.4) is 0 Å². The number of hydrogen-bond acceptors (Lipinski definition) is 4. The largest absolute Gasteiger partial charge is 0.492 e. The molecule has 44 heavy (non-hydrogen) atoms. The summed E-state index contributed by atoms with van der Waals surface area (Å²) in [6.45, 7) is 12.6. The highest BCUT2D eigenvalue weighted by Gasteiger charge is 2.32. The second kappa shape index (κ2) is 24.6. The first-order valence-corrected chi connectivity index (χ1v) is 19.2. The smallest absolute Gasteiger partial charge is 0.306 e. The minimum absolute atomic E-state index is 0.0123. The van der Waals surface area contributed by atoms with E-state index in [4.69, 9.17) is 14.5 Å². The van der Waals surface area contributed by atoms with Crippen molar-refractivity contribution in [3.63, 3.8) is 0 Å². The fraction of sp³-hybridized carbons (Fsp3) is 0.850. The van der Waals surface area contributed by atoms with Gasteiger partial charge in [0.25, 0.3) is 0 Å². The normalized spacial score (nSPS) is 18.1. The first-order chi connectivity index (χ1) is 21.5. The van der Waals surface area contributed by atoms with Gasteiger partial charge in [0.15, 0.2) is 0 Å². The predicted octanol–water partition coefficient (Wildman–Crippen LogP) is 12.1. The highest BCUT2D eigenvalue weighted by Crippen LogP contribution is 2.36. The van der Waals surface area contributed by atoms with Crippen molar-refractivity contribution in [1.29, 1.82) is 0 Å². The molecule has 0 aromatic carbocycles. The number of carbonyl (C=O) groups is 1. The Balaban J connectivity index is 1.76. The molecule has 0 saturated carbocycles. The number of nitrogens with zero attached hydrogens (tertiary/aromatic N) is 1. The van der Waals surface area contributed by atoms with Gasteiger partial charge >= 0.3 is 5.97 Å². The van der Waals surface area contributed by atoms with E-state index in [1.54, 1.807) is 0 Å². The molecule has 0 aromatic rings. The zero-order valence-corrected chi connectivity index (χ0v) is 29.8. The average Bonchev–Trinajstić information content (AvgIpc) is 3.48. The molecule has 1 heterocycles. The molecule has 4 nitrogen and oxygen atoms in total. The maximum Gasteiger partial charge on any atom is 0.306 e. The molecular formula is C40H71NO3. The maximum absolute atomic E-state index is 12.8. The third-order valence-corrected chi connectivity index (χ3v) is 9.76. The lowest BCUT2D eigenvalue weighted by Gasteiger charge is -2.34. The molecule has 0 saturated heterocycles. The number of esters is 1. The highest BCUT2D eigenvalue weighted by atomic mass is 16.5. The molecule has 0 fully saturated rings. The van der Waals surface area contributed by atoms with Gasteiger partial charge in [-0.1, -0.05) is 143 Å². The molecule has 0 bridgehead atoms. The van der Waals surface area contributed by atoms with E-state index in [0.29, 0.717) is 24.2 Å². The van der Waals surface area contributed by atoms with Crippen LogP contribution in [-0.2, 0) is 14.3 Å². The molecule has 2 aliphatic rings. The molecule has 0 radical (unpaired) electrons. The van der Waals surface area contributed by atoms with Crippen LogP contribution in [0.2, 0.25) is 0 Å². The summed E-state index contributed by atoms with van der Waals surface area (Å²) in [5, 5.41) is 0. The topological polar surface area (TPSA) is 47.9 Å². The van der Waals surface area contributed by atoms with E-state index in [0.717, 1.165) is 63.1 Å². The lowest BCUT2D eigenvalue weighted by molar-refractivity contribution is -0.154. The van der Waals surface area contributed by atoms with E-state index in [1.807, 2.05) is 0 Å². The monoisotopic (exact) mass is 614 g/mol. The molecule has 0 N–H and O–H groups in total. The van der Waals surface area contributed by atoms with Gasteiger partial charge in [-0.25, -0.2) is 0 Å². The summed E-state index contributed by atoms with van der Waals surface area (Å²) in [6, 6.07) is 0. The zero-order chi connectivity index (χ0) is 31.8. The van der Waals surface area contributed by atoms with Gasteiger partial charge in [-0.15, -0.1) is 0 Å². The molecule has 1 aliphatic heterocycles. The van der Waals surface area contributed by atoms with E-state index in [-0.39, 0.29) is 12.1 Å². The van der Waals surface area contributed by atoms with Crippen LogP contribution in [0.25, 0.3) is 0 Å². The van der Waals surface area contributed by atoms with Crippen LogP contribution in [-0.4, -0.2) is 30.9 Å². The average molecular weight is 614 g/mol. The summed E-state index contributed by atoms with van der Waals surface area (Å²) in [6.07, 6.45) is 33.3. The number of hydrogen-bond donors (Lipinski definition) is 0. The number of ether oxygens (including phenoxy) is 2. The van der Waals surface area contributed by atoms with Crippen LogP contribution in [0, 0.1) is 17.8 Å². The predicted molar refractivity (Wildman–Crippen MR) is 189 cm³/mol. The Morgan fingerprint density at radius 2 is 1.36 bits per heavy atom. The molecule has 3 atom stereocenters. The minimum atomic E-state index is -0.0179. The van der Waals surface area contributed by atoms with Crippen LogP contribution in [0.1, 0.15) is 182 Å². The standard InChI is InChI=1S/C40H71NO3/c1-6-8-10-12-13-14-15-16-17-18-19-20-21-22-27-37(44-39(42)31-33(3)4)34(5)35-25-24-26-36(32-35)40-38(28-29-41-40)43-30-23-11-9-7-2/h26,28,33-35,37H,6-25,27,29-32H2,1-5H3. The van der Waals surface area contributed by atoms with Gasteiger partial charge in [0, 0.05) is 6.42 Å². The number of unbranched alkanes of at least 4 members (excludes halogenated alkanes) is 16. The van der Waals surface area contributed by atoms with Crippen molar-refractivity contribution in [2.45, 2.75) is 188 Å². The maximum atomic E-state index is 12.8. The Hall–Kier alpha value is -1.58. The second-order valence-electron chi connectivity index (χ2n) is 14.3. The lowest BCUT2D eigenvalue weighted by Crippen LogP contribution is -2.32. The first kappa shape index (κ1) is 38.6.